The summed E-state index contributed by atoms with van der Waals surface area (Å²) in [5, 5.41) is 4.68. The van der Waals surface area contributed by atoms with Crippen LogP contribution in [0.3, 0.4) is 0 Å². The van der Waals surface area contributed by atoms with Gasteiger partial charge >= 0.3 is 0 Å². The molecule has 4 atom stereocenters. The highest BCUT2D eigenvalue weighted by molar-refractivity contribution is 7.12. The highest BCUT2D eigenvalue weighted by Crippen LogP contribution is 2.52. The zero-order chi connectivity index (χ0) is 16.1. The van der Waals surface area contributed by atoms with Gasteiger partial charge in [0, 0.05) is 13.1 Å². The van der Waals surface area contributed by atoms with Crippen molar-refractivity contribution in [3.05, 3.63) is 34.0 Å². The Balaban J connectivity index is 1.37. The molecule has 1 N–H and O–H groups in total. The predicted molar refractivity (Wildman–Crippen MR) is 85.8 cm³/mol. The third kappa shape index (κ3) is 2.16. The van der Waals surface area contributed by atoms with E-state index >= 15 is 0 Å². The number of imide groups is 1. The van der Waals surface area contributed by atoms with E-state index in [-0.39, 0.29) is 47.9 Å². The topological polar surface area (TPSA) is 66.5 Å². The molecule has 2 aliphatic carbocycles. The van der Waals surface area contributed by atoms with Crippen LogP contribution in [-0.4, -0.2) is 35.7 Å². The van der Waals surface area contributed by atoms with Crippen molar-refractivity contribution in [3.8, 4) is 0 Å². The van der Waals surface area contributed by atoms with E-state index in [0.717, 1.165) is 12.0 Å². The Hall–Kier alpha value is -1.95. The highest BCUT2D eigenvalue weighted by atomic mass is 32.1. The molecule has 2 bridgehead atoms. The van der Waals surface area contributed by atoms with E-state index in [9.17, 15) is 14.4 Å². The normalized spacial score (nSPS) is 31.1. The molecule has 6 heteroatoms. The fourth-order valence-electron chi connectivity index (χ4n) is 4.15. The molecule has 3 aliphatic rings. The second-order valence-electron chi connectivity index (χ2n) is 6.52. The van der Waals surface area contributed by atoms with Crippen LogP contribution in [0, 0.1) is 30.6 Å². The van der Waals surface area contributed by atoms with Gasteiger partial charge in [-0.25, -0.2) is 0 Å². The van der Waals surface area contributed by atoms with Crippen LogP contribution in [0.1, 0.15) is 21.7 Å². The lowest BCUT2D eigenvalue weighted by molar-refractivity contribution is -0.140. The van der Waals surface area contributed by atoms with Crippen LogP contribution in [0.2, 0.25) is 0 Å². The van der Waals surface area contributed by atoms with Crippen molar-refractivity contribution >= 4 is 29.1 Å². The maximum absolute atomic E-state index is 12.5. The Bertz CT molecular complexity index is 693. The number of amides is 3. The van der Waals surface area contributed by atoms with Crippen LogP contribution in [0.15, 0.2) is 23.6 Å². The van der Waals surface area contributed by atoms with Crippen LogP contribution >= 0.6 is 11.3 Å². The summed E-state index contributed by atoms with van der Waals surface area (Å²) in [5.74, 6) is -0.111. The summed E-state index contributed by atoms with van der Waals surface area (Å²) in [7, 11) is 0. The molecular formula is C17H18N2O3S. The van der Waals surface area contributed by atoms with Crippen LogP contribution in [0.5, 0.6) is 0 Å². The molecule has 1 aromatic heterocycles. The number of hydrogen-bond acceptors (Lipinski definition) is 4. The summed E-state index contributed by atoms with van der Waals surface area (Å²) in [5.41, 5.74) is 0.943. The van der Waals surface area contributed by atoms with Crippen molar-refractivity contribution in [3.63, 3.8) is 0 Å². The standard InChI is InChI=1S/C17H18N2O3S/c1-9-4-7-23-14(9)15(20)18-5-6-19-16(21)12-10-2-3-11(8-10)13(12)17(19)22/h2-4,7,10-13H,5-6,8H2,1H3,(H,18,20)/t10-,11-,12-,13+/m0/s1. The van der Waals surface area contributed by atoms with Gasteiger partial charge < -0.3 is 5.32 Å². The summed E-state index contributed by atoms with van der Waals surface area (Å²) in [6, 6.07) is 1.90. The fraction of sp³-hybridized carbons (Fsp3) is 0.471. The zero-order valence-electron chi connectivity index (χ0n) is 12.8. The molecule has 1 saturated carbocycles. The third-order valence-electron chi connectivity index (χ3n) is 5.25. The van der Waals surface area contributed by atoms with E-state index in [1.807, 2.05) is 18.4 Å². The Kier molecular flexibility index (Phi) is 3.37. The van der Waals surface area contributed by atoms with Gasteiger partial charge in [0.25, 0.3) is 5.91 Å². The van der Waals surface area contributed by atoms with Crippen LogP contribution in [0.4, 0.5) is 0 Å². The van der Waals surface area contributed by atoms with Gasteiger partial charge in [0.05, 0.1) is 16.7 Å². The SMILES string of the molecule is Cc1ccsc1C(=O)NCCN1C(=O)[C@@H]2[C@H](C1=O)[C@H]1C=C[C@H]2C1. The summed E-state index contributed by atoms with van der Waals surface area (Å²) in [6.45, 7) is 2.46. The van der Waals surface area contributed by atoms with E-state index in [1.165, 1.54) is 16.2 Å². The molecular weight excluding hydrogens is 312 g/mol. The van der Waals surface area contributed by atoms with Gasteiger partial charge in [-0.05, 0) is 42.2 Å². The Labute approximate surface area is 138 Å². The van der Waals surface area contributed by atoms with E-state index in [0.29, 0.717) is 11.4 Å². The lowest BCUT2D eigenvalue weighted by Crippen LogP contribution is -2.39. The van der Waals surface area contributed by atoms with Crippen molar-refractivity contribution in [2.24, 2.45) is 23.7 Å². The molecule has 4 rings (SSSR count). The van der Waals surface area contributed by atoms with Gasteiger partial charge in [0.2, 0.25) is 11.8 Å². The predicted octanol–water partition coefficient (Wildman–Crippen LogP) is 1.59. The van der Waals surface area contributed by atoms with Gasteiger partial charge in [0.1, 0.15) is 0 Å². The number of likely N-dealkylation sites (tertiary alicyclic amines) is 1. The average molecular weight is 330 g/mol. The summed E-state index contributed by atoms with van der Waals surface area (Å²) in [6.07, 6.45) is 5.11. The van der Waals surface area contributed by atoms with Crippen molar-refractivity contribution in [2.75, 3.05) is 13.1 Å². The molecule has 1 saturated heterocycles. The Morgan fingerprint density at radius 3 is 2.48 bits per heavy atom. The van der Waals surface area contributed by atoms with Crippen molar-refractivity contribution in [1.29, 1.82) is 0 Å². The third-order valence-corrected chi connectivity index (χ3v) is 6.27. The molecule has 3 amide bonds. The summed E-state index contributed by atoms with van der Waals surface area (Å²) < 4.78 is 0. The molecule has 2 heterocycles. The number of nitrogens with one attached hydrogen (secondary N) is 1. The molecule has 0 unspecified atom stereocenters. The Morgan fingerprint density at radius 1 is 1.26 bits per heavy atom. The lowest BCUT2D eigenvalue weighted by atomic mass is 9.85. The first-order chi connectivity index (χ1) is 11.1. The van der Waals surface area contributed by atoms with Crippen molar-refractivity contribution in [1.82, 2.24) is 10.2 Å². The minimum absolute atomic E-state index is 0.0570. The first-order valence-electron chi connectivity index (χ1n) is 7.94. The van der Waals surface area contributed by atoms with Crippen LogP contribution in [-0.2, 0) is 9.59 Å². The molecule has 5 nitrogen and oxygen atoms in total. The number of carbonyl (C=O) groups excluding carboxylic acids is 3. The number of thiophene rings is 1. The summed E-state index contributed by atoms with van der Waals surface area (Å²) in [4.78, 5) is 39.1. The van der Waals surface area contributed by atoms with Gasteiger partial charge in [-0.15, -0.1) is 11.3 Å². The lowest BCUT2D eigenvalue weighted by Gasteiger charge is -2.17. The maximum atomic E-state index is 12.5. The minimum Gasteiger partial charge on any atom is -0.350 e. The largest absolute Gasteiger partial charge is 0.350 e. The quantitative estimate of drug-likeness (QED) is 0.673. The van der Waals surface area contributed by atoms with Crippen molar-refractivity contribution in [2.45, 2.75) is 13.3 Å². The van der Waals surface area contributed by atoms with Crippen LogP contribution in [0.25, 0.3) is 0 Å². The molecule has 23 heavy (non-hydrogen) atoms. The van der Waals surface area contributed by atoms with Gasteiger partial charge in [-0.2, -0.15) is 0 Å². The van der Waals surface area contributed by atoms with E-state index in [1.54, 1.807) is 0 Å². The summed E-state index contributed by atoms with van der Waals surface area (Å²) >= 11 is 1.40. The van der Waals surface area contributed by atoms with E-state index in [2.05, 4.69) is 17.5 Å². The molecule has 1 aromatic rings. The van der Waals surface area contributed by atoms with Crippen molar-refractivity contribution < 1.29 is 14.4 Å². The molecule has 0 spiro atoms. The first-order valence-corrected chi connectivity index (χ1v) is 8.81. The fourth-order valence-corrected chi connectivity index (χ4v) is 4.99. The molecule has 0 radical (unpaired) electrons. The number of fused-ring (bicyclic) bond motifs is 5. The smallest absolute Gasteiger partial charge is 0.261 e. The highest BCUT2D eigenvalue weighted by Gasteiger charge is 2.58. The molecule has 2 fully saturated rings. The molecule has 120 valence electrons. The second kappa shape index (κ2) is 5.30. The zero-order valence-corrected chi connectivity index (χ0v) is 13.6. The van der Waals surface area contributed by atoms with E-state index in [4.69, 9.17) is 0 Å². The molecule has 1 aliphatic heterocycles. The van der Waals surface area contributed by atoms with Gasteiger partial charge in [0.15, 0.2) is 0 Å². The minimum atomic E-state index is -0.159. The number of nitrogens with zero attached hydrogens (tertiary/aromatic N) is 1. The number of aryl methyl sites for hydroxylation is 1. The van der Waals surface area contributed by atoms with E-state index < -0.39 is 0 Å². The van der Waals surface area contributed by atoms with Gasteiger partial charge in [-0.3, -0.25) is 19.3 Å². The Morgan fingerprint density at radius 2 is 1.91 bits per heavy atom. The number of carbonyl (C=O) groups is 3. The first kappa shape index (κ1) is 14.6. The number of allylic oxidation sites excluding steroid dienone is 2. The second-order valence-corrected chi connectivity index (χ2v) is 7.43. The average Bonchev–Trinajstić information content (AvgIpc) is 3.27. The van der Waals surface area contributed by atoms with Gasteiger partial charge in [-0.1, -0.05) is 12.2 Å². The number of rotatable bonds is 4. The monoisotopic (exact) mass is 330 g/mol. The molecule has 0 aromatic carbocycles. The van der Waals surface area contributed by atoms with Crippen LogP contribution < -0.4 is 5.32 Å². The maximum Gasteiger partial charge on any atom is 0.261 e. The number of hydrogen-bond donors (Lipinski definition) is 1.